The predicted octanol–water partition coefficient (Wildman–Crippen LogP) is 5.27. The van der Waals surface area contributed by atoms with Crippen LogP contribution >= 0.6 is 23.1 Å². The minimum Gasteiger partial charge on any atom is -0.481 e. The van der Waals surface area contributed by atoms with E-state index in [0.29, 0.717) is 5.75 Å². The van der Waals surface area contributed by atoms with E-state index in [-0.39, 0.29) is 34.6 Å². The van der Waals surface area contributed by atoms with Crippen molar-refractivity contribution < 1.29 is 18.3 Å². The summed E-state index contributed by atoms with van der Waals surface area (Å²) in [6.07, 6.45) is -0.514. The monoisotopic (exact) mass is 472 g/mol. The quantitative estimate of drug-likeness (QED) is 0.323. The number of amides is 1. The lowest BCUT2D eigenvalue weighted by atomic mass is 10.3. The maximum Gasteiger partial charge on any atom is 0.277 e. The lowest BCUT2D eigenvalue weighted by Gasteiger charge is -2.22. The van der Waals surface area contributed by atoms with E-state index < -0.39 is 6.10 Å². The smallest absolute Gasteiger partial charge is 0.277 e. The lowest BCUT2D eigenvalue weighted by Crippen LogP contribution is -2.31. The average Bonchev–Trinajstić information content (AvgIpc) is 3.45. The number of rotatable bonds is 8. The topological polar surface area (TPSA) is 81.4 Å². The molecule has 0 aliphatic rings. The van der Waals surface area contributed by atoms with Crippen molar-refractivity contribution in [1.29, 1.82) is 0 Å². The number of aromatic nitrogens is 3. The molecule has 1 amide bonds. The number of para-hydroxylation sites is 1. The van der Waals surface area contributed by atoms with Crippen molar-refractivity contribution in [1.82, 2.24) is 20.1 Å². The molecule has 0 bridgehead atoms. The average molecular weight is 473 g/mol. The van der Waals surface area contributed by atoms with Crippen LogP contribution in [0.4, 0.5) is 4.39 Å². The molecule has 0 N–H and O–H groups in total. The number of carbonyl (C=O) groups is 1. The van der Waals surface area contributed by atoms with Crippen LogP contribution in [0.3, 0.4) is 0 Å². The van der Waals surface area contributed by atoms with E-state index in [1.54, 1.807) is 30.2 Å². The van der Waals surface area contributed by atoms with E-state index in [1.807, 2.05) is 31.2 Å². The molecule has 0 aliphatic carbocycles. The SMILES string of the molecule is C[C@H](c1nc2ccccc2s1)N(C)C(=O)CSc1nnc([C@@H](C)Oc2ccc(F)cc2)o1. The molecule has 2 heterocycles. The summed E-state index contributed by atoms with van der Waals surface area (Å²) in [5, 5.41) is 9.14. The first kappa shape index (κ1) is 22.2. The third-order valence-corrected chi connectivity index (χ3v) is 6.87. The first-order valence-electron chi connectivity index (χ1n) is 9.90. The van der Waals surface area contributed by atoms with Crippen molar-refractivity contribution in [3.05, 3.63) is 65.2 Å². The van der Waals surface area contributed by atoms with E-state index in [9.17, 15) is 9.18 Å². The van der Waals surface area contributed by atoms with Gasteiger partial charge in [0.25, 0.3) is 11.1 Å². The number of fused-ring (bicyclic) bond motifs is 1. The van der Waals surface area contributed by atoms with E-state index in [4.69, 9.17) is 9.15 Å². The second kappa shape index (κ2) is 9.66. The van der Waals surface area contributed by atoms with Gasteiger partial charge >= 0.3 is 0 Å². The summed E-state index contributed by atoms with van der Waals surface area (Å²) in [4.78, 5) is 19.0. The zero-order valence-electron chi connectivity index (χ0n) is 17.7. The van der Waals surface area contributed by atoms with Crippen LogP contribution in [0, 0.1) is 5.82 Å². The van der Waals surface area contributed by atoms with Gasteiger partial charge < -0.3 is 14.1 Å². The van der Waals surface area contributed by atoms with Crippen LogP contribution in [0.5, 0.6) is 5.75 Å². The Labute approximate surface area is 192 Å². The van der Waals surface area contributed by atoms with Crippen LogP contribution in [0.15, 0.2) is 58.2 Å². The first-order valence-corrected chi connectivity index (χ1v) is 11.7. The largest absolute Gasteiger partial charge is 0.481 e. The highest BCUT2D eigenvalue weighted by Crippen LogP contribution is 2.30. The van der Waals surface area contributed by atoms with Crippen molar-refractivity contribution in [2.24, 2.45) is 0 Å². The maximum absolute atomic E-state index is 13.0. The molecule has 0 saturated carbocycles. The summed E-state index contributed by atoms with van der Waals surface area (Å²) in [6.45, 7) is 3.71. The van der Waals surface area contributed by atoms with Crippen LogP contribution in [0.25, 0.3) is 10.2 Å². The summed E-state index contributed by atoms with van der Waals surface area (Å²) < 4.78 is 25.4. The number of benzene rings is 2. The Hall–Kier alpha value is -2.98. The summed E-state index contributed by atoms with van der Waals surface area (Å²) in [7, 11) is 1.76. The molecule has 10 heteroatoms. The Kier molecular flexibility index (Phi) is 6.71. The number of hydrogen-bond acceptors (Lipinski definition) is 8. The molecule has 2 aromatic heterocycles. The zero-order valence-corrected chi connectivity index (χ0v) is 19.3. The fraction of sp³-hybridized carbons (Fsp3) is 0.273. The molecule has 0 saturated heterocycles. The fourth-order valence-corrected chi connectivity index (χ4v) is 4.64. The molecular formula is C22H21FN4O3S2. The standard InChI is InChI=1S/C22H21FN4O3S2/c1-13(21-24-17-6-4-5-7-18(17)32-21)27(3)19(28)12-31-22-26-25-20(30-22)14(2)29-16-10-8-15(23)9-11-16/h4-11,13-14H,12H2,1-3H3/t13-,14-/m1/s1. The third kappa shape index (κ3) is 5.08. The molecule has 4 rings (SSSR count). The van der Waals surface area contributed by atoms with Crippen LogP contribution in [-0.4, -0.2) is 38.8 Å². The molecule has 2 aromatic carbocycles. The summed E-state index contributed by atoms with van der Waals surface area (Å²) in [6, 6.07) is 13.4. The molecule has 32 heavy (non-hydrogen) atoms. The van der Waals surface area contributed by atoms with Gasteiger partial charge in [-0.1, -0.05) is 23.9 Å². The van der Waals surface area contributed by atoms with Crippen molar-refractivity contribution in [2.75, 3.05) is 12.8 Å². The Morgan fingerprint density at radius 1 is 1.19 bits per heavy atom. The minimum absolute atomic E-state index is 0.0721. The normalized spacial score (nSPS) is 13.1. The Balaban J connectivity index is 1.32. The minimum atomic E-state index is -0.514. The van der Waals surface area contributed by atoms with Gasteiger partial charge in [-0.3, -0.25) is 4.79 Å². The Morgan fingerprint density at radius 3 is 2.69 bits per heavy atom. The number of nitrogens with zero attached hydrogens (tertiary/aromatic N) is 4. The molecule has 166 valence electrons. The van der Waals surface area contributed by atoms with E-state index >= 15 is 0 Å². The van der Waals surface area contributed by atoms with E-state index in [2.05, 4.69) is 15.2 Å². The van der Waals surface area contributed by atoms with Gasteiger partial charge in [0.1, 0.15) is 16.6 Å². The van der Waals surface area contributed by atoms with E-state index in [1.165, 1.54) is 36.0 Å². The van der Waals surface area contributed by atoms with Gasteiger partial charge in [-0.2, -0.15) is 0 Å². The zero-order chi connectivity index (χ0) is 22.7. The molecule has 7 nitrogen and oxygen atoms in total. The highest BCUT2D eigenvalue weighted by atomic mass is 32.2. The predicted molar refractivity (Wildman–Crippen MR) is 121 cm³/mol. The van der Waals surface area contributed by atoms with Crippen molar-refractivity contribution in [2.45, 2.75) is 31.2 Å². The number of halogens is 1. The van der Waals surface area contributed by atoms with Crippen molar-refractivity contribution in [3.63, 3.8) is 0 Å². The van der Waals surface area contributed by atoms with Crippen LogP contribution in [-0.2, 0) is 4.79 Å². The van der Waals surface area contributed by atoms with Crippen molar-refractivity contribution >= 4 is 39.2 Å². The second-order valence-corrected chi connectivity index (χ2v) is 9.10. The first-order chi connectivity index (χ1) is 15.4. The number of hydrogen-bond donors (Lipinski definition) is 0. The maximum atomic E-state index is 13.0. The highest BCUT2D eigenvalue weighted by molar-refractivity contribution is 7.99. The molecular weight excluding hydrogens is 451 g/mol. The molecule has 0 spiro atoms. The summed E-state index contributed by atoms with van der Waals surface area (Å²) in [5.74, 6) is 0.513. The van der Waals surface area contributed by atoms with Crippen LogP contribution in [0.1, 0.15) is 36.9 Å². The number of thioether (sulfide) groups is 1. The number of thiazole rings is 1. The Bertz CT molecular complexity index is 1180. The summed E-state index contributed by atoms with van der Waals surface area (Å²) in [5.41, 5.74) is 0.935. The van der Waals surface area contributed by atoms with Crippen LogP contribution in [0.2, 0.25) is 0 Å². The fourth-order valence-electron chi connectivity index (χ4n) is 2.89. The number of carbonyl (C=O) groups excluding carboxylic acids is 1. The molecule has 0 unspecified atom stereocenters. The van der Waals surface area contributed by atoms with Gasteiger partial charge in [-0.15, -0.1) is 21.5 Å². The van der Waals surface area contributed by atoms with E-state index in [0.717, 1.165) is 15.2 Å². The van der Waals surface area contributed by atoms with Gasteiger partial charge in [0.05, 0.1) is 22.0 Å². The van der Waals surface area contributed by atoms with Crippen molar-refractivity contribution in [3.8, 4) is 5.75 Å². The lowest BCUT2D eigenvalue weighted by molar-refractivity contribution is -0.128. The molecule has 4 aromatic rings. The molecule has 0 fully saturated rings. The van der Waals surface area contributed by atoms with Crippen LogP contribution < -0.4 is 4.74 Å². The number of ether oxygens (including phenoxy) is 1. The van der Waals surface area contributed by atoms with Gasteiger partial charge in [0.2, 0.25) is 5.91 Å². The third-order valence-electron chi connectivity index (χ3n) is 4.86. The highest BCUT2D eigenvalue weighted by Gasteiger charge is 2.22. The molecule has 0 radical (unpaired) electrons. The second-order valence-electron chi connectivity index (χ2n) is 7.11. The molecule has 2 atom stereocenters. The van der Waals surface area contributed by atoms with Gasteiger partial charge in [0.15, 0.2) is 6.10 Å². The van der Waals surface area contributed by atoms with Gasteiger partial charge in [0, 0.05) is 7.05 Å². The van der Waals surface area contributed by atoms with Gasteiger partial charge in [-0.05, 0) is 50.2 Å². The molecule has 0 aliphatic heterocycles. The van der Waals surface area contributed by atoms with Gasteiger partial charge in [-0.25, -0.2) is 9.37 Å². The Morgan fingerprint density at radius 2 is 1.94 bits per heavy atom. The summed E-state index contributed by atoms with van der Waals surface area (Å²) >= 11 is 2.75.